The van der Waals surface area contributed by atoms with Crippen molar-refractivity contribution in [2.45, 2.75) is 92.3 Å². The fourth-order valence-corrected chi connectivity index (χ4v) is 6.07. The van der Waals surface area contributed by atoms with Crippen molar-refractivity contribution in [2.24, 2.45) is 0 Å². The number of aromatic hydroxyl groups is 3. The Morgan fingerprint density at radius 1 is 0.642 bits per heavy atom. The van der Waals surface area contributed by atoms with Crippen LogP contribution in [0.1, 0.15) is 0 Å². The maximum atomic E-state index is 14.0. The third-order valence-electron chi connectivity index (χ3n) is 9.03. The van der Waals surface area contributed by atoms with E-state index < -0.39 is 134 Å². The molecule has 1 aromatic heterocycles. The Hall–Kier alpha value is -3.75. The summed E-state index contributed by atoms with van der Waals surface area (Å²) in [4.78, 5) is 14.0. The molecule has 9 unspecified atom stereocenters. The Bertz CT molecular complexity index is 1780. The Labute approximate surface area is 296 Å². The summed E-state index contributed by atoms with van der Waals surface area (Å²) in [7, 11) is 0. The van der Waals surface area contributed by atoms with Crippen LogP contribution in [0.3, 0.4) is 0 Å². The molecule has 21 heteroatoms. The zero-order valence-electron chi connectivity index (χ0n) is 27.1. The molecule has 21 nitrogen and oxygen atoms in total. The van der Waals surface area contributed by atoms with Crippen LogP contribution < -0.4 is 10.2 Å². The lowest BCUT2D eigenvalue weighted by atomic mass is 9.97. The van der Waals surface area contributed by atoms with E-state index in [2.05, 4.69) is 0 Å². The molecule has 0 spiro atoms. The van der Waals surface area contributed by atoms with Crippen molar-refractivity contribution < 1.29 is 99.2 Å². The molecule has 292 valence electrons. The number of aliphatic hydroxyl groups excluding tert-OH is 10. The second-order valence-electron chi connectivity index (χ2n) is 12.6. The van der Waals surface area contributed by atoms with Crippen molar-refractivity contribution in [3.8, 4) is 34.3 Å². The van der Waals surface area contributed by atoms with Crippen LogP contribution in [0.4, 0.5) is 0 Å². The average Bonchev–Trinajstić information content (AvgIpc) is 3.12. The number of fused-ring (bicyclic) bond motifs is 1. The molecule has 13 N–H and O–H groups in total. The minimum atomic E-state index is -2.11. The SMILES string of the molecule is O=c1c(O[C@@H]2OC(CO[C@@H]3OC(O)[C@H](O)C(O)C3O)[C@H](O)C(O)C2O[C@@H]2OC(CO)[C@@H](O)C(O)C2O)c(-c2ccc(O)cc2)oc2cc(O)cc(O)c12. The fourth-order valence-electron chi connectivity index (χ4n) is 6.07. The van der Waals surface area contributed by atoms with Crippen LogP contribution in [0, 0.1) is 0 Å². The third kappa shape index (κ3) is 7.51. The average molecular weight is 759 g/mol. The van der Waals surface area contributed by atoms with Crippen LogP contribution in [0.5, 0.6) is 23.0 Å². The van der Waals surface area contributed by atoms with Crippen molar-refractivity contribution in [3.05, 3.63) is 46.6 Å². The predicted molar refractivity (Wildman–Crippen MR) is 168 cm³/mol. The summed E-state index contributed by atoms with van der Waals surface area (Å²) in [5, 5.41) is 133. The van der Waals surface area contributed by atoms with Gasteiger partial charge in [0.1, 0.15) is 89.3 Å². The van der Waals surface area contributed by atoms with E-state index in [9.17, 15) is 71.2 Å². The standard InChI is InChI=1S/C32H38O21/c33-7-14-17(37)20(40)25(45)31(49-14)52-28-22(42)18(38)15(8-47-30-24(44)21(41)23(43)29(46)53-30)50-32(28)51-27-19(39)16-12(36)5-11(35)6-13(16)48-26(27)9-1-3-10(34)4-2-9/h1-6,14-15,17-18,20-25,28-38,40-46H,7-8H2/t14?,15?,17-,18+,20?,21?,22?,23-,24?,25?,28?,29?,30-,31+,32+/m1/s1. The summed E-state index contributed by atoms with van der Waals surface area (Å²) in [6.45, 7) is -1.67. The third-order valence-corrected chi connectivity index (χ3v) is 9.03. The highest BCUT2D eigenvalue weighted by Crippen LogP contribution is 2.38. The van der Waals surface area contributed by atoms with Gasteiger partial charge in [0.05, 0.1) is 13.2 Å². The maximum absolute atomic E-state index is 14.0. The van der Waals surface area contributed by atoms with E-state index in [0.717, 1.165) is 12.1 Å². The lowest BCUT2D eigenvalue weighted by Gasteiger charge is -2.46. The number of rotatable bonds is 9. The predicted octanol–water partition coefficient (Wildman–Crippen LogP) is -4.64. The molecule has 0 aliphatic carbocycles. The number of aliphatic hydroxyl groups is 10. The van der Waals surface area contributed by atoms with Crippen molar-refractivity contribution in [3.63, 3.8) is 0 Å². The molecule has 3 saturated heterocycles. The van der Waals surface area contributed by atoms with Crippen molar-refractivity contribution in [2.75, 3.05) is 13.2 Å². The molecule has 0 amide bonds. The number of hydrogen-bond donors (Lipinski definition) is 13. The van der Waals surface area contributed by atoms with Crippen LogP contribution >= 0.6 is 0 Å². The van der Waals surface area contributed by atoms with Crippen molar-refractivity contribution >= 4 is 11.0 Å². The normalized spacial score (nSPS) is 37.8. The van der Waals surface area contributed by atoms with Crippen LogP contribution in [0.2, 0.25) is 0 Å². The van der Waals surface area contributed by atoms with Gasteiger partial charge in [0.25, 0.3) is 0 Å². The van der Waals surface area contributed by atoms with E-state index in [1.807, 2.05) is 0 Å². The number of phenolic OH excluding ortho intramolecular Hbond substituents is 3. The Morgan fingerprint density at radius 3 is 1.94 bits per heavy atom. The van der Waals surface area contributed by atoms with Gasteiger partial charge in [-0.15, -0.1) is 0 Å². The molecule has 53 heavy (non-hydrogen) atoms. The number of ether oxygens (including phenoxy) is 6. The molecule has 3 aromatic rings. The Morgan fingerprint density at radius 2 is 1.26 bits per heavy atom. The van der Waals surface area contributed by atoms with Crippen molar-refractivity contribution in [1.82, 2.24) is 0 Å². The minimum Gasteiger partial charge on any atom is -0.508 e. The van der Waals surface area contributed by atoms with E-state index in [0.29, 0.717) is 0 Å². The zero-order valence-corrected chi connectivity index (χ0v) is 27.1. The van der Waals surface area contributed by atoms with Gasteiger partial charge in [0, 0.05) is 17.7 Å². The molecular weight excluding hydrogens is 720 g/mol. The number of benzene rings is 2. The molecule has 0 radical (unpaired) electrons. The second kappa shape index (κ2) is 15.5. The first-order valence-electron chi connectivity index (χ1n) is 16.1. The molecule has 0 saturated carbocycles. The van der Waals surface area contributed by atoms with Gasteiger partial charge in [-0.25, -0.2) is 0 Å². The van der Waals surface area contributed by atoms with E-state index >= 15 is 0 Å². The molecular formula is C32H38O21. The van der Waals surface area contributed by atoms with Crippen molar-refractivity contribution in [1.29, 1.82) is 0 Å². The quantitative estimate of drug-likeness (QED) is 0.0975. The van der Waals surface area contributed by atoms with Gasteiger partial charge in [0.15, 0.2) is 30.7 Å². The van der Waals surface area contributed by atoms with Crippen LogP contribution in [0.15, 0.2) is 45.6 Å². The molecule has 2 aromatic carbocycles. The zero-order chi connectivity index (χ0) is 38.5. The Kier molecular flexibility index (Phi) is 11.4. The molecule has 0 bridgehead atoms. The fraction of sp³-hybridized carbons (Fsp3) is 0.531. The summed E-state index contributed by atoms with van der Waals surface area (Å²) >= 11 is 0. The van der Waals surface area contributed by atoms with Gasteiger partial charge >= 0.3 is 0 Å². The molecule has 6 rings (SSSR count). The van der Waals surface area contributed by atoms with Gasteiger partial charge in [-0.1, -0.05) is 0 Å². The van der Waals surface area contributed by atoms with Gasteiger partial charge < -0.3 is 99.2 Å². The van der Waals surface area contributed by atoms with Crippen LogP contribution in [0.25, 0.3) is 22.3 Å². The lowest BCUT2D eigenvalue weighted by Crippen LogP contribution is -2.65. The first-order valence-corrected chi connectivity index (χ1v) is 16.1. The summed E-state index contributed by atoms with van der Waals surface area (Å²) in [6.07, 6.45) is -28.6. The first kappa shape index (κ1) is 39.0. The first-order chi connectivity index (χ1) is 25.1. The van der Waals surface area contributed by atoms with Crippen LogP contribution in [-0.2, 0) is 23.7 Å². The highest BCUT2D eigenvalue weighted by molar-refractivity contribution is 5.88. The van der Waals surface area contributed by atoms with Gasteiger partial charge in [-0.2, -0.15) is 0 Å². The van der Waals surface area contributed by atoms with E-state index in [4.69, 9.17) is 32.8 Å². The summed E-state index contributed by atoms with van der Waals surface area (Å²) in [5.41, 5.74) is -1.30. The van der Waals surface area contributed by atoms with Gasteiger partial charge in [0.2, 0.25) is 17.5 Å². The summed E-state index contributed by atoms with van der Waals surface area (Å²) in [5.74, 6) is -2.51. The smallest absolute Gasteiger partial charge is 0.239 e. The second-order valence-corrected chi connectivity index (χ2v) is 12.6. The van der Waals surface area contributed by atoms with E-state index in [-0.39, 0.29) is 22.7 Å². The van der Waals surface area contributed by atoms with E-state index in [1.54, 1.807) is 0 Å². The van der Waals surface area contributed by atoms with Gasteiger partial charge in [-0.3, -0.25) is 4.79 Å². The largest absolute Gasteiger partial charge is 0.508 e. The van der Waals surface area contributed by atoms with Crippen LogP contribution in [-0.4, -0.2) is 172 Å². The molecule has 3 fully saturated rings. The molecule has 4 heterocycles. The summed E-state index contributed by atoms with van der Waals surface area (Å²) in [6, 6.07) is 6.94. The summed E-state index contributed by atoms with van der Waals surface area (Å²) < 4.78 is 39.2. The Balaban J connectivity index is 1.39. The lowest BCUT2D eigenvalue weighted by molar-refractivity contribution is -0.368. The number of phenols is 3. The molecule has 15 atom stereocenters. The van der Waals surface area contributed by atoms with E-state index in [1.165, 1.54) is 24.3 Å². The monoisotopic (exact) mass is 758 g/mol. The topological polar surface area (TPSA) is 349 Å². The minimum absolute atomic E-state index is 0.0880. The molecule has 3 aliphatic rings. The molecule has 3 aliphatic heterocycles. The number of hydrogen-bond acceptors (Lipinski definition) is 21. The highest BCUT2D eigenvalue weighted by Gasteiger charge is 2.52. The van der Waals surface area contributed by atoms with Gasteiger partial charge in [-0.05, 0) is 24.3 Å². The highest BCUT2D eigenvalue weighted by atomic mass is 16.8. The maximum Gasteiger partial charge on any atom is 0.239 e.